The number of carbonyl (C=O) groups excluding carboxylic acids is 1. The van der Waals surface area contributed by atoms with Crippen molar-refractivity contribution < 1.29 is 19.8 Å². The molecular formula is C13H24N2O4. The molecule has 19 heavy (non-hydrogen) atoms. The number of likely N-dealkylation sites (tertiary alicyclic amines) is 1. The Kier molecular flexibility index (Phi) is 6.80. The maximum absolute atomic E-state index is 12.1. The van der Waals surface area contributed by atoms with E-state index >= 15 is 0 Å². The van der Waals surface area contributed by atoms with E-state index in [2.05, 4.69) is 0 Å². The highest BCUT2D eigenvalue weighted by Crippen LogP contribution is 2.09. The first-order valence-corrected chi connectivity index (χ1v) is 6.88. The van der Waals surface area contributed by atoms with Crippen molar-refractivity contribution in [2.75, 3.05) is 39.3 Å². The summed E-state index contributed by atoms with van der Waals surface area (Å²) in [6, 6.07) is 0. The third-order valence-corrected chi connectivity index (χ3v) is 3.44. The molecule has 1 fully saturated rings. The number of nitrogens with zero attached hydrogens (tertiary/aromatic N) is 2. The molecule has 1 aliphatic heterocycles. The van der Waals surface area contributed by atoms with Gasteiger partial charge in [-0.05, 0) is 19.3 Å². The van der Waals surface area contributed by atoms with Crippen LogP contribution in [-0.4, -0.2) is 71.2 Å². The molecule has 0 aliphatic carbocycles. The van der Waals surface area contributed by atoms with Gasteiger partial charge >= 0.3 is 5.97 Å². The largest absolute Gasteiger partial charge is 0.481 e. The Labute approximate surface area is 114 Å². The Morgan fingerprint density at radius 2 is 1.89 bits per heavy atom. The van der Waals surface area contributed by atoms with Crippen molar-refractivity contribution in [2.45, 2.75) is 26.2 Å². The molecule has 0 aromatic carbocycles. The molecule has 1 amide bonds. The lowest BCUT2D eigenvalue weighted by Crippen LogP contribution is -2.45. The maximum Gasteiger partial charge on any atom is 0.307 e. The Morgan fingerprint density at radius 3 is 2.42 bits per heavy atom. The second kappa shape index (κ2) is 8.12. The van der Waals surface area contributed by atoms with Gasteiger partial charge in [0.1, 0.15) is 0 Å². The molecule has 1 atom stereocenters. The van der Waals surface area contributed by atoms with Crippen LogP contribution in [0.4, 0.5) is 0 Å². The van der Waals surface area contributed by atoms with Crippen molar-refractivity contribution in [1.29, 1.82) is 0 Å². The molecule has 1 saturated heterocycles. The molecule has 1 heterocycles. The lowest BCUT2D eigenvalue weighted by molar-refractivity contribution is -0.143. The number of rotatable bonds is 7. The monoisotopic (exact) mass is 272 g/mol. The highest BCUT2D eigenvalue weighted by Gasteiger charge is 2.22. The fourth-order valence-corrected chi connectivity index (χ4v) is 2.28. The van der Waals surface area contributed by atoms with Gasteiger partial charge in [0, 0.05) is 26.2 Å². The average molecular weight is 272 g/mol. The van der Waals surface area contributed by atoms with Gasteiger partial charge in [-0.15, -0.1) is 0 Å². The summed E-state index contributed by atoms with van der Waals surface area (Å²) in [5.74, 6) is -1.39. The molecule has 110 valence electrons. The van der Waals surface area contributed by atoms with Gasteiger partial charge in [0.15, 0.2) is 0 Å². The third kappa shape index (κ3) is 5.57. The van der Waals surface area contributed by atoms with Crippen LogP contribution in [0.5, 0.6) is 0 Å². The molecule has 6 nitrogen and oxygen atoms in total. The molecule has 0 spiro atoms. The van der Waals surface area contributed by atoms with E-state index in [-0.39, 0.29) is 25.6 Å². The average Bonchev–Trinajstić information content (AvgIpc) is 2.39. The number of aliphatic hydroxyl groups excluding tert-OH is 1. The summed E-state index contributed by atoms with van der Waals surface area (Å²) in [7, 11) is 0. The molecule has 6 heteroatoms. The number of hydrogen-bond donors (Lipinski definition) is 2. The van der Waals surface area contributed by atoms with E-state index in [0.717, 1.165) is 25.9 Å². The van der Waals surface area contributed by atoms with Crippen LogP contribution in [0.15, 0.2) is 0 Å². The van der Waals surface area contributed by atoms with E-state index < -0.39 is 11.9 Å². The number of carbonyl (C=O) groups is 2. The summed E-state index contributed by atoms with van der Waals surface area (Å²) in [4.78, 5) is 26.5. The predicted octanol–water partition coefficient (Wildman–Crippen LogP) is 0.0139. The van der Waals surface area contributed by atoms with Crippen LogP contribution in [0, 0.1) is 5.92 Å². The molecule has 2 N–H and O–H groups in total. The quantitative estimate of drug-likeness (QED) is 0.682. The third-order valence-electron chi connectivity index (χ3n) is 3.44. The molecule has 0 bridgehead atoms. The summed E-state index contributed by atoms with van der Waals surface area (Å²) in [5, 5.41) is 17.9. The van der Waals surface area contributed by atoms with Crippen molar-refractivity contribution in [2.24, 2.45) is 5.92 Å². The number of carboxylic acids is 1. The minimum atomic E-state index is -0.881. The summed E-state index contributed by atoms with van der Waals surface area (Å²) in [6.07, 6.45) is 3.24. The fourth-order valence-electron chi connectivity index (χ4n) is 2.28. The molecule has 1 aliphatic rings. The molecule has 0 saturated carbocycles. The zero-order chi connectivity index (χ0) is 14.3. The van der Waals surface area contributed by atoms with Crippen molar-refractivity contribution in [1.82, 2.24) is 9.80 Å². The summed E-state index contributed by atoms with van der Waals surface area (Å²) in [6.45, 7) is 3.93. The predicted molar refractivity (Wildman–Crippen MR) is 70.8 cm³/mol. The van der Waals surface area contributed by atoms with Crippen molar-refractivity contribution >= 4 is 11.9 Å². The summed E-state index contributed by atoms with van der Waals surface area (Å²) in [5.41, 5.74) is 0. The normalized spacial score (nSPS) is 17.5. The van der Waals surface area contributed by atoms with Gasteiger partial charge in [-0.1, -0.05) is 6.92 Å². The molecular weight excluding hydrogens is 248 g/mol. The van der Waals surface area contributed by atoms with Crippen LogP contribution >= 0.6 is 0 Å². The van der Waals surface area contributed by atoms with Crippen LogP contribution in [0.1, 0.15) is 26.2 Å². The van der Waals surface area contributed by atoms with E-state index in [1.807, 2.05) is 4.90 Å². The number of hydrogen-bond acceptors (Lipinski definition) is 4. The highest BCUT2D eigenvalue weighted by molar-refractivity contribution is 5.78. The van der Waals surface area contributed by atoms with Crippen molar-refractivity contribution in [3.63, 3.8) is 0 Å². The summed E-state index contributed by atoms with van der Waals surface area (Å²) >= 11 is 0. The minimum absolute atomic E-state index is 0.0331. The van der Waals surface area contributed by atoms with Gasteiger partial charge in [0.05, 0.1) is 19.1 Å². The fraction of sp³-hybridized carbons (Fsp3) is 0.846. The van der Waals surface area contributed by atoms with Crippen LogP contribution in [-0.2, 0) is 9.59 Å². The first-order valence-electron chi connectivity index (χ1n) is 6.88. The van der Waals surface area contributed by atoms with Gasteiger partial charge < -0.3 is 15.1 Å². The van der Waals surface area contributed by atoms with Gasteiger partial charge in [-0.3, -0.25) is 14.5 Å². The van der Waals surface area contributed by atoms with E-state index in [1.165, 1.54) is 6.42 Å². The smallest absolute Gasteiger partial charge is 0.307 e. The van der Waals surface area contributed by atoms with E-state index in [1.54, 1.807) is 11.8 Å². The van der Waals surface area contributed by atoms with Gasteiger partial charge in [0.2, 0.25) is 5.91 Å². The minimum Gasteiger partial charge on any atom is -0.481 e. The zero-order valence-corrected chi connectivity index (χ0v) is 11.5. The zero-order valence-electron chi connectivity index (χ0n) is 11.5. The van der Waals surface area contributed by atoms with Crippen molar-refractivity contribution in [3.05, 3.63) is 0 Å². The van der Waals surface area contributed by atoms with E-state index in [0.29, 0.717) is 6.54 Å². The highest BCUT2D eigenvalue weighted by atomic mass is 16.4. The Balaban J connectivity index is 2.46. The first-order chi connectivity index (χ1) is 9.04. The van der Waals surface area contributed by atoms with Crippen LogP contribution in [0.2, 0.25) is 0 Å². The van der Waals surface area contributed by atoms with Crippen LogP contribution in [0.3, 0.4) is 0 Å². The molecule has 1 rings (SSSR count). The first kappa shape index (κ1) is 15.9. The number of amides is 1. The molecule has 0 aromatic rings. The molecule has 1 unspecified atom stereocenters. The lowest BCUT2D eigenvalue weighted by Gasteiger charge is -2.30. The second-order valence-corrected chi connectivity index (χ2v) is 5.14. The Morgan fingerprint density at radius 1 is 1.26 bits per heavy atom. The topological polar surface area (TPSA) is 81.1 Å². The number of piperidine rings is 1. The second-order valence-electron chi connectivity index (χ2n) is 5.14. The molecule has 0 radical (unpaired) electrons. The standard InChI is InChI=1S/C13H24N2O4/c1-11(13(18)19)9-14(7-8-16)10-12(17)15-5-3-2-4-6-15/h11,16H,2-10H2,1H3,(H,18,19). The van der Waals surface area contributed by atoms with E-state index in [4.69, 9.17) is 10.2 Å². The van der Waals surface area contributed by atoms with Gasteiger partial charge in [-0.2, -0.15) is 0 Å². The van der Waals surface area contributed by atoms with Crippen LogP contribution in [0.25, 0.3) is 0 Å². The van der Waals surface area contributed by atoms with Crippen LogP contribution < -0.4 is 0 Å². The number of carboxylic acid groups (broad SMARTS) is 1. The molecule has 0 aromatic heterocycles. The maximum atomic E-state index is 12.1. The number of aliphatic carboxylic acids is 1. The van der Waals surface area contributed by atoms with E-state index in [9.17, 15) is 9.59 Å². The SMILES string of the molecule is CC(CN(CCO)CC(=O)N1CCCCC1)C(=O)O. The van der Waals surface area contributed by atoms with Gasteiger partial charge in [-0.25, -0.2) is 0 Å². The van der Waals surface area contributed by atoms with Gasteiger partial charge in [0.25, 0.3) is 0 Å². The Bertz CT molecular complexity index is 303. The Hall–Kier alpha value is -1.14. The number of aliphatic hydroxyl groups is 1. The lowest BCUT2D eigenvalue weighted by atomic mass is 10.1. The van der Waals surface area contributed by atoms with Crippen molar-refractivity contribution in [3.8, 4) is 0 Å². The summed E-state index contributed by atoms with van der Waals surface area (Å²) < 4.78 is 0.